The van der Waals surface area contributed by atoms with Gasteiger partial charge in [0.2, 0.25) is 5.91 Å². The number of ether oxygens (including phenoxy) is 2. The number of nitrogens with zero attached hydrogens (tertiary/aromatic N) is 1. The molecule has 1 heterocycles. The van der Waals surface area contributed by atoms with E-state index in [0.29, 0.717) is 26.0 Å². The Morgan fingerprint density at radius 3 is 2.55 bits per heavy atom. The first kappa shape index (κ1) is 30.6. The number of hydrogen-bond donors (Lipinski definition) is 2. The van der Waals surface area contributed by atoms with Crippen LogP contribution in [0.5, 0.6) is 5.75 Å². The topological polar surface area (TPSA) is 105 Å². The second kappa shape index (κ2) is 14.0. The molecule has 3 aromatic carbocycles. The van der Waals surface area contributed by atoms with E-state index in [0.717, 1.165) is 39.3 Å². The predicted molar refractivity (Wildman–Crippen MR) is 163 cm³/mol. The molecular weight excluding hydrogens is 532 g/mol. The van der Waals surface area contributed by atoms with Gasteiger partial charge < -0.3 is 24.8 Å². The van der Waals surface area contributed by atoms with Gasteiger partial charge in [-0.15, -0.1) is 0 Å². The summed E-state index contributed by atoms with van der Waals surface area (Å²) in [5.74, 6) is 0.486. The molecule has 0 bridgehead atoms. The van der Waals surface area contributed by atoms with Gasteiger partial charge in [0.05, 0.1) is 13.0 Å². The molecule has 1 aliphatic rings. The molecule has 3 aromatic rings. The van der Waals surface area contributed by atoms with Gasteiger partial charge in [-0.3, -0.25) is 9.59 Å². The summed E-state index contributed by atoms with van der Waals surface area (Å²) in [6.45, 7) is 9.71. The van der Waals surface area contributed by atoms with Crippen LogP contribution < -0.4 is 15.0 Å². The number of aryl methyl sites for hydroxylation is 1. The van der Waals surface area contributed by atoms with Crippen LogP contribution in [0.25, 0.3) is 11.1 Å². The molecule has 2 atom stereocenters. The molecule has 0 radical (unpaired) electrons. The zero-order chi connectivity index (χ0) is 30.2. The first-order chi connectivity index (χ1) is 20.2. The van der Waals surface area contributed by atoms with Crippen molar-refractivity contribution in [2.75, 3.05) is 24.6 Å². The number of carbonyl (C=O) groups excluding carboxylic acids is 2. The minimum absolute atomic E-state index is 0.00900. The first-order valence-electron chi connectivity index (χ1n) is 14.5. The van der Waals surface area contributed by atoms with Crippen molar-refractivity contribution in [2.45, 2.75) is 59.5 Å². The van der Waals surface area contributed by atoms with Crippen molar-refractivity contribution in [3.05, 3.63) is 82.9 Å². The van der Waals surface area contributed by atoms with Gasteiger partial charge in [0.25, 0.3) is 0 Å². The van der Waals surface area contributed by atoms with Crippen molar-refractivity contribution in [1.29, 1.82) is 0 Å². The smallest absolute Gasteiger partial charge is 0.407 e. The number of aliphatic carboxylic acids is 1. The van der Waals surface area contributed by atoms with Crippen LogP contribution in [0.3, 0.4) is 0 Å². The number of fused-ring (bicyclic) bond motifs is 1. The number of alkyl carbamates (subject to hydrolysis) is 1. The fourth-order valence-corrected chi connectivity index (χ4v) is 5.30. The molecule has 0 aromatic heterocycles. The molecule has 42 heavy (non-hydrogen) atoms. The molecule has 0 saturated heterocycles. The minimum atomic E-state index is -0.986. The molecule has 222 valence electrons. The van der Waals surface area contributed by atoms with Gasteiger partial charge in [0.1, 0.15) is 12.4 Å². The lowest BCUT2D eigenvalue weighted by Crippen LogP contribution is -2.40. The molecule has 0 unspecified atom stereocenters. The van der Waals surface area contributed by atoms with E-state index in [-0.39, 0.29) is 37.3 Å². The third kappa shape index (κ3) is 7.49. The van der Waals surface area contributed by atoms with E-state index in [2.05, 4.69) is 38.2 Å². The standard InChI is InChI=1S/C34H40N2O6/c1-22-9-5-14-30(24(22)3)41-18-8-15-31(37)36-20-23(2)25(4)33-28(12-7-13-29(33)36)27-11-6-10-26(19-27)21-42-34(40)35-17-16-32(38)39/h5-7,9-14,19,23,25H,8,15-18,20-21H2,1-4H3,(H,35,40)(H,38,39)/t23-,25-/m0/s1. The molecule has 0 fully saturated rings. The van der Waals surface area contributed by atoms with Crippen LogP contribution in [0.2, 0.25) is 0 Å². The van der Waals surface area contributed by atoms with E-state index in [9.17, 15) is 14.4 Å². The van der Waals surface area contributed by atoms with Crippen molar-refractivity contribution in [1.82, 2.24) is 5.32 Å². The lowest BCUT2D eigenvalue weighted by Gasteiger charge is -2.38. The SMILES string of the molecule is Cc1cccc(OCCCC(=O)N2C[C@H](C)[C@H](C)c3c(-c4cccc(COC(=O)NCCC(=O)O)c4)cccc32)c1C. The van der Waals surface area contributed by atoms with E-state index < -0.39 is 12.1 Å². The van der Waals surface area contributed by atoms with Crippen LogP contribution in [-0.2, 0) is 20.9 Å². The first-order valence-corrected chi connectivity index (χ1v) is 14.5. The molecule has 0 saturated carbocycles. The minimum Gasteiger partial charge on any atom is -0.493 e. The lowest BCUT2D eigenvalue weighted by atomic mass is 9.79. The maximum atomic E-state index is 13.5. The summed E-state index contributed by atoms with van der Waals surface area (Å²) in [7, 11) is 0. The molecule has 2 N–H and O–H groups in total. The Morgan fingerprint density at radius 2 is 1.76 bits per heavy atom. The zero-order valence-electron chi connectivity index (χ0n) is 24.8. The van der Waals surface area contributed by atoms with Gasteiger partial charge in [0, 0.05) is 25.2 Å². The van der Waals surface area contributed by atoms with Crippen LogP contribution in [0, 0.1) is 19.8 Å². The molecule has 8 heteroatoms. The quantitative estimate of drug-likeness (QED) is 0.250. The van der Waals surface area contributed by atoms with Crippen molar-refractivity contribution in [3.63, 3.8) is 0 Å². The van der Waals surface area contributed by atoms with Crippen LogP contribution in [0.4, 0.5) is 10.5 Å². The predicted octanol–water partition coefficient (Wildman–Crippen LogP) is 6.62. The van der Waals surface area contributed by atoms with Crippen molar-refractivity contribution >= 4 is 23.7 Å². The largest absolute Gasteiger partial charge is 0.493 e. The van der Waals surface area contributed by atoms with Gasteiger partial charge in [-0.25, -0.2) is 4.79 Å². The number of rotatable bonds is 11. The number of amides is 2. The number of carbonyl (C=O) groups is 3. The fraction of sp³-hybridized carbons (Fsp3) is 0.382. The van der Waals surface area contributed by atoms with Gasteiger partial charge in [-0.2, -0.15) is 0 Å². The Kier molecular flexibility index (Phi) is 10.2. The molecule has 4 rings (SSSR count). The van der Waals surface area contributed by atoms with E-state index in [1.165, 1.54) is 5.56 Å². The third-order valence-electron chi connectivity index (χ3n) is 8.02. The Balaban J connectivity index is 1.45. The number of nitrogens with one attached hydrogen (secondary N) is 1. The molecule has 2 amide bonds. The number of carboxylic acids is 1. The summed E-state index contributed by atoms with van der Waals surface area (Å²) in [4.78, 5) is 38.0. The average Bonchev–Trinajstić information content (AvgIpc) is 2.97. The summed E-state index contributed by atoms with van der Waals surface area (Å²) >= 11 is 0. The average molecular weight is 573 g/mol. The normalized spacial score (nSPS) is 16.0. The highest BCUT2D eigenvalue weighted by atomic mass is 16.5. The van der Waals surface area contributed by atoms with Crippen LogP contribution in [0.15, 0.2) is 60.7 Å². The Labute approximate surface area is 247 Å². The van der Waals surface area contributed by atoms with Crippen molar-refractivity contribution < 1.29 is 29.0 Å². The summed E-state index contributed by atoms with van der Waals surface area (Å²) < 4.78 is 11.3. The summed E-state index contributed by atoms with van der Waals surface area (Å²) in [5.41, 5.74) is 7.23. The maximum Gasteiger partial charge on any atom is 0.407 e. The zero-order valence-corrected chi connectivity index (χ0v) is 24.8. The molecule has 0 spiro atoms. The number of anilines is 1. The lowest BCUT2D eigenvalue weighted by molar-refractivity contribution is -0.136. The number of benzene rings is 3. The highest BCUT2D eigenvalue weighted by Crippen LogP contribution is 2.44. The van der Waals surface area contributed by atoms with Gasteiger partial charge in [-0.1, -0.05) is 56.3 Å². The molecule has 1 aliphatic heterocycles. The third-order valence-corrected chi connectivity index (χ3v) is 8.02. The van der Waals surface area contributed by atoms with Crippen LogP contribution in [0.1, 0.15) is 61.3 Å². The molecular formula is C34H40N2O6. The Morgan fingerprint density at radius 1 is 1.00 bits per heavy atom. The monoisotopic (exact) mass is 572 g/mol. The Bertz CT molecular complexity index is 1440. The van der Waals surface area contributed by atoms with Gasteiger partial charge in [0.15, 0.2) is 0 Å². The second-order valence-electron chi connectivity index (χ2n) is 11.0. The Hall–Kier alpha value is -4.33. The van der Waals surface area contributed by atoms with E-state index in [4.69, 9.17) is 14.6 Å². The maximum absolute atomic E-state index is 13.5. The van der Waals surface area contributed by atoms with E-state index in [1.807, 2.05) is 60.4 Å². The van der Waals surface area contributed by atoms with Gasteiger partial charge >= 0.3 is 12.1 Å². The molecule has 0 aliphatic carbocycles. The van der Waals surface area contributed by atoms with Gasteiger partial charge in [-0.05, 0) is 83.7 Å². The van der Waals surface area contributed by atoms with E-state index in [1.54, 1.807) is 0 Å². The van der Waals surface area contributed by atoms with Crippen LogP contribution >= 0.6 is 0 Å². The molecule has 8 nitrogen and oxygen atoms in total. The summed E-state index contributed by atoms with van der Waals surface area (Å²) in [6.07, 6.45) is 0.209. The number of hydrogen-bond acceptors (Lipinski definition) is 5. The van der Waals surface area contributed by atoms with Crippen LogP contribution in [-0.4, -0.2) is 42.8 Å². The summed E-state index contributed by atoms with van der Waals surface area (Å²) in [5, 5.41) is 11.2. The number of carboxylic acid groups (broad SMARTS) is 1. The second-order valence-corrected chi connectivity index (χ2v) is 11.0. The van der Waals surface area contributed by atoms with Crippen molar-refractivity contribution in [2.24, 2.45) is 5.92 Å². The fourth-order valence-electron chi connectivity index (χ4n) is 5.30. The summed E-state index contributed by atoms with van der Waals surface area (Å²) in [6, 6.07) is 19.9. The van der Waals surface area contributed by atoms with Crippen molar-refractivity contribution in [3.8, 4) is 16.9 Å². The highest BCUT2D eigenvalue weighted by Gasteiger charge is 2.33. The highest BCUT2D eigenvalue weighted by molar-refractivity contribution is 5.96. The van der Waals surface area contributed by atoms with E-state index >= 15 is 0 Å².